The zero-order chi connectivity index (χ0) is 8.55. The molecular formula is C8H7BrN2O. The van der Waals surface area contributed by atoms with E-state index < -0.39 is 0 Å². The van der Waals surface area contributed by atoms with Gasteiger partial charge in [-0.05, 0) is 15.9 Å². The van der Waals surface area contributed by atoms with E-state index in [1.165, 1.54) is 0 Å². The van der Waals surface area contributed by atoms with Crippen LogP contribution in [0.15, 0.2) is 23.1 Å². The molecule has 4 heteroatoms. The van der Waals surface area contributed by atoms with Crippen LogP contribution in [0.4, 0.5) is 0 Å². The molecule has 62 valence electrons. The number of H-pyrrole nitrogens is 1. The van der Waals surface area contributed by atoms with Crippen LogP contribution in [0.3, 0.4) is 0 Å². The zero-order valence-electron chi connectivity index (χ0n) is 6.21. The number of aromatic nitrogens is 2. The van der Waals surface area contributed by atoms with Crippen molar-refractivity contribution in [1.29, 1.82) is 0 Å². The highest BCUT2D eigenvalue weighted by Crippen LogP contribution is 2.23. The summed E-state index contributed by atoms with van der Waals surface area (Å²) in [6, 6.07) is 0. The molecule has 3 nitrogen and oxygen atoms in total. The van der Waals surface area contributed by atoms with E-state index >= 15 is 0 Å². The Morgan fingerprint density at radius 2 is 2.33 bits per heavy atom. The fourth-order valence-electron chi connectivity index (χ4n) is 1.19. The SMILES string of the molecule is OCc1c[nH]c2c(Br)cncc12. The molecule has 0 aliphatic rings. The van der Waals surface area contributed by atoms with Crippen molar-refractivity contribution in [1.82, 2.24) is 9.97 Å². The zero-order valence-corrected chi connectivity index (χ0v) is 7.80. The van der Waals surface area contributed by atoms with Crippen LogP contribution in [0.1, 0.15) is 5.56 Å². The molecule has 0 saturated carbocycles. The minimum absolute atomic E-state index is 0.0398. The number of aromatic amines is 1. The predicted octanol–water partition coefficient (Wildman–Crippen LogP) is 1.82. The topological polar surface area (TPSA) is 48.9 Å². The summed E-state index contributed by atoms with van der Waals surface area (Å²) in [6.07, 6.45) is 5.25. The van der Waals surface area contributed by atoms with Crippen LogP contribution in [0.2, 0.25) is 0 Å². The van der Waals surface area contributed by atoms with Gasteiger partial charge in [0.25, 0.3) is 0 Å². The summed E-state index contributed by atoms with van der Waals surface area (Å²) in [5, 5.41) is 9.92. The number of aliphatic hydroxyl groups excluding tert-OH is 1. The lowest BCUT2D eigenvalue weighted by Crippen LogP contribution is -1.79. The second-order valence-electron chi connectivity index (χ2n) is 2.52. The number of aliphatic hydroxyl groups is 1. The summed E-state index contributed by atoms with van der Waals surface area (Å²) in [5.74, 6) is 0. The highest BCUT2D eigenvalue weighted by molar-refractivity contribution is 9.10. The Morgan fingerprint density at radius 3 is 3.08 bits per heavy atom. The van der Waals surface area contributed by atoms with Crippen LogP contribution in [0.5, 0.6) is 0 Å². The second-order valence-corrected chi connectivity index (χ2v) is 3.37. The van der Waals surface area contributed by atoms with E-state index in [2.05, 4.69) is 25.9 Å². The fraction of sp³-hybridized carbons (Fsp3) is 0.125. The van der Waals surface area contributed by atoms with E-state index in [1.807, 2.05) is 0 Å². The molecule has 2 aromatic heterocycles. The summed E-state index contributed by atoms with van der Waals surface area (Å²) < 4.78 is 0.916. The minimum atomic E-state index is 0.0398. The van der Waals surface area contributed by atoms with Gasteiger partial charge in [0.15, 0.2) is 0 Å². The van der Waals surface area contributed by atoms with E-state index in [9.17, 15) is 0 Å². The minimum Gasteiger partial charge on any atom is -0.392 e. The molecule has 0 amide bonds. The normalized spacial score (nSPS) is 10.8. The van der Waals surface area contributed by atoms with Crippen LogP contribution in [-0.4, -0.2) is 15.1 Å². The second kappa shape index (κ2) is 2.88. The van der Waals surface area contributed by atoms with Crippen molar-refractivity contribution in [2.75, 3.05) is 0 Å². The maximum atomic E-state index is 8.95. The van der Waals surface area contributed by atoms with Gasteiger partial charge < -0.3 is 10.1 Å². The number of rotatable bonds is 1. The Labute approximate surface area is 77.6 Å². The van der Waals surface area contributed by atoms with Crippen molar-refractivity contribution in [2.24, 2.45) is 0 Å². The number of hydrogen-bond acceptors (Lipinski definition) is 2. The number of nitrogens with zero attached hydrogens (tertiary/aromatic N) is 1. The Bertz CT molecular complexity index is 410. The van der Waals surface area contributed by atoms with Crippen LogP contribution in [0, 0.1) is 0 Å². The van der Waals surface area contributed by atoms with Crippen molar-refractivity contribution in [3.63, 3.8) is 0 Å². The molecule has 0 atom stereocenters. The van der Waals surface area contributed by atoms with E-state index in [1.54, 1.807) is 18.6 Å². The molecule has 0 radical (unpaired) electrons. The largest absolute Gasteiger partial charge is 0.392 e. The summed E-state index contributed by atoms with van der Waals surface area (Å²) in [7, 11) is 0. The van der Waals surface area contributed by atoms with Crippen molar-refractivity contribution in [2.45, 2.75) is 6.61 Å². The molecule has 0 spiro atoms. The molecule has 2 N–H and O–H groups in total. The highest BCUT2D eigenvalue weighted by Gasteiger charge is 2.04. The molecule has 2 heterocycles. The first-order valence-electron chi connectivity index (χ1n) is 3.53. The third kappa shape index (κ3) is 1.04. The van der Waals surface area contributed by atoms with Gasteiger partial charge in [0.05, 0.1) is 16.6 Å². The summed E-state index contributed by atoms with van der Waals surface area (Å²) >= 11 is 3.36. The quantitative estimate of drug-likeness (QED) is 0.780. The third-order valence-electron chi connectivity index (χ3n) is 1.81. The van der Waals surface area contributed by atoms with Crippen LogP contribution < -0.4 is 0 Å². The molecule has 0 fully saturated rings. The predicted molar refractivity (Wildman–Crippen MR) is 49.7 cm³/mol. The number of pyridine rings is 1. The van der Waals surface area contributed by atoms with Gasteiger partial charge >= 0.3 is 0 Å². The standard InChI is InChI=1S/C8H7BrN2O/c9-7-3-10-2-6-5(4-12)1-11-8(6)7/h1-3,11-12H,4H2. The summed E-state index contributed by atoms with van der Waals surface area (Å²) in [4.78, 5) is 7.08. The molecule has 0 aromatic carbocycles. The van der Waals surface area contributed by atoms with E-state index in [0.717, 1.165) is 20.9 Å². The van der Waals surface area contributed by atoms with Crippen molar-refractivity contribution >= 4 is 26.8 Å². The number of nitrogens with one attached hydrogen (secondary N) is 1. The van der Waals surface area contributed by atoms with Gasteiger partial charge in [-0.3, -0.25) is 4.98 Å². The lowest BCUT2D eigenvalue weighted by atomic mass is 10.2. The monoisotopic (exact) mass is 226 g/mol. The smallest absolute Gasteiger partial charge is 0.0703 e. The van der Waals surface area contributed by atoms with Crippen LogP contribution in [0.25, 0.3) is 10.9 Å². The lowest BCUT2D eigenvalue weighted by Gasteiger charge is -1.93. The van der Waals surface area contributed by atoms with E-state index in [-0.39, 0.29) is 6.61 Å². The Kier molecular flexibility index (Phi) is 1.86. The van der Waals surface area contributed by atoms with Gasteiger partial charge in [0.2, 0.25) is 0 Å². The maximum Gasteiger partial charge on any atom is 0.0703 e. The van der Waals surface area contributed by atoms with Crippen LogP contribution >= 0.6 is 15.9 Å². The Balaban J connectivity index is 2.80. The Morgan fingerprint density at radius 1 is 1.50 bits per heavy atom. The van der Waals surface area contributed by atoms with Gasteiger partial charge in [-0.2, -0.15) is 0 Å². The van der Waals surface area contributed by atoms with Crippen molar-refractivity contribution in [3.05, 3.63) is 28.6 Å². The van der Waals surface area contributed by atoms with Gasteiger partial charge in [-0.15, -0.1) is 0 Å². The van der Waals surface area contributed by atoms with E-state index in [4.69, 9.17) is 5.11 Å². The average molecular weight is 227 g/mol. The lowest BCUT2D eigenvalue weighted by molar-refractivity contribution is 0.283. The summed E-state index contributed by atoms with van der Waals surface area (Å²) in [6.45, 7) is 0.0398. The molecule has 0 saturated heterocycles. The first kappa shape index (κ1) is 7.76. The van der Waals surface area contributed by atoms with Crippen molar-refractivity contribution in [3.8, 4) is 0 Å². The fourth-order valence-corrected chi connectivity index (χ4v) is 1.64. The van der Waals surface area contributed by atoms with Gasteiger partial charge in [-0.25, -0.2) is 0 Å². The first-order chi connectivity index (χ1) is 5.83. The Hall–Kier alpha value is -0.870. The first-order valence-corrected chi connectivity index (χ1v) is 4.32. The summed E-state index contributed by atoms with van der Waals surface area (Å²) in [5.41, 5.74) is 1.85. The molecule has 0 aliphatic carbocycles. The molecule has 0 aliphatic heterocycles. The van der Waals surface area contributed by atoms with Gasteiger partial charge in [0, 0.05) is 29.5 Å². The molecule has 2 aromatic rings. The average Bonchev–Trinajstić information content (AvgIpc) is 2.49. The molecule has 2 rings (SSSR count). The molecular weight excluding hydrogens is 220 g/mol. The highest BCUT2D eigenvalue weighted by atomic mass is 79.9. The van der Waals surface area contributed by atoms with E-state index in [0.29, 0.717) is 0 Å². The molecule has 12 heavy (non-hydrogen) atoms. The maximum absolute atomic E-state index is 8.95. The third-order valence-corrected chi connectivity index (χ3v) is 2.41. The number of hydrogen-bond donors (Lipinski definition) is 2. The van der Waals surface area contributed by atoms with Gasteiger partial charge in [-0.1, -0.05) is 0 Å². The number of fused-ring (bicyclic) bond motifs is 1. The number of halogens is 1. The van der Waals surface area contributed by atoms with Crippen LogP contribution in [-0.2, 0) is 6.61 Å². The molecule has 0 bridgehead atoms. The molecule has 0 unspecified atom stereocenters. The van der Waals surface area contributed by atoms with Crippen molar-refractivity contribution < 1.29 is 5.11 Å². The van der Waals surface area contributed by atoms with Gasteiger partial charge in [0.1, 0.15) is 0 Å².